The number of aromatic nitrogens is 3. The number of pyridine rings is 1. The van der Waals surface area contributed by atoms with Crippen molar-refractivity contribution in [2.45, 2.75) is 46.0 Å². The van der Waals surface area contributed by atoms with Crippen LogP contribution in [0.15, 0.2) is 36.5 Å². The molecule has 0 aliphatic carbocycles. The summed E-state index contributed by atoms with van der Waals surface area (Å²) in [4.78, 5) is 16.6. The number of ether oxygens (including phenoxy) is 1. The summed E-state index contributed by atoms with van der Waals surface area (Å²) < 4.78 is 47.6. The molecule has 0 bridgehead atoms. The molecule has 1 amide bonds. The monoisotopic (exact) mass is 495 g/mol. The number of hydrogen-bond acceptors (Lipinski definition) is 5. The van der Waals surface area contributed by atoms with E-state index in [-0.39, 0.29) is 28.7 Å². The van der Waals surface area contributed by atoms with E-state index in [2.05, 4.69) is 20.7 Å². The average molecular weight is 496 g/mol. The average Bonchev–Trinajstić information content (AvgIpc) is 3.09. The van der Waals surface area contributed by atoms with Gasteiger partial charge in [0, 0.05) is 31.0 Å². The third-order valence-electron chi connectivity index (χ3n) is 4.93. The molecule has 0 fully saturated rings. The summed E-state index contributed by atoms with van der Waals surface area (Å²) in [6.07, 6.45) is -3.68. The molecule has 0 saturated carbocycles. The van der Waals surface area contributed by atoms with Crippen LogP contribution in [-0.2, 0) is 18.3 Å². The Morgan fingerprint density at radius 1 is 1.18 bits per heavy atom. The van der Waals surface area contributed by atoms with E-state index in [1.807, 2.05) is 31.3 Å². The zero-order valence-electron chi connectivity index (χ0n) is 19.3. The largest absolute Gasteiger partial charge is 0.421 e. The topological polar surface area (TPSA) is 81.1 Å². The Hall–Kier alpha value is -3.27. The number of carbonyl (C=O) groups is 1. The zero-order chi connectivity index (χ0) is 25.3. The number of amides is 1. The molecule has 0 saturated heterocycles. The summed E-state index contributed by atoms with van der Waals surface area (Å²) in [5, 5.41) is 9.99. The van der Waals surface area contributed by atoms with E-state index in [1.54, 1.807) is 27.7 Å². The van der Waals surface area contributed by atoms with Crippen LogP contribution >= 0.6 is 11.6 Å². The summed E-state index contributed by atoms with van der Waals surface area (Å²) in [7, 11) is 1.81. The van der Waals surface area contributed by atoms with Crippen molar-refractivity contribution in [2.75, 3.05) is 12.4 Å². The lowest BCUT2D eigenvalue weighted by Gasteiger charge is -2.22. The number of halogens is 4. The number of hydrogen-bond donors (Lipinski definition) is 2. The van der Waals surface area contributed by atoms with Crippen LogP contribution in [0.25, 0.3) is 0 Å². The lowest BCUT2D eigenvalue weighted by molar-refractivity contribution is -0.138. The van der Waals surface area contributed by atoms with Crippen molar-refractivity contribution >= 4 is 23.2 Å². The van der Waals surface area contributed by atoms with Gasteiger partial charge in [0.15, 0.2) is 5.69 Å². The molecule has 0 radical (unpaired) electrons. The molecule has 182 valence electrons. The number of nitrogens with zero attached hydrogens (tertiary/aromatic N) is 3. The maximum atomic E-state index is 13.5. The third kappa shape index (κ3) is 5.61. The van der Waals surface area contributed by atoms with Gasteiger partial charge in [0.1, 0.15) is 5.56 Å². The van der Waals surface area contributed by atoms with Crippen LogP contribution in [0.3, 0.4) is 0 Å². The van der Waals surface area contributed by atoms with Crippen molar-refractivity contribution in [1.82, 2.24) is 20.1 Å². The van der Waals surface area contributed by atoms with Crippen LogP contribution < -0.4 is 15.4 Å². The fraction of sp³-hybridized carbons (Fsp3) is 0.348. The van der Waals surface area contributed by atoms with Gasteiger partial charge in [-0.2, -0.15) is 18.3 Å². The number of benzene rings is 1. The first-order valence-electron chi connectivity index (χ1n) is 10.4. The van der Waals surface area contributed by atoms with Gasteiger partial charge in [-0.25, -0.2) is 9.67 Å². The van der Waals surface area contributed by atoms with Crippen LogP contribution in [0.1, 0.15) is 48.0 Å². The molecule has 7 nitrogen and oxygen atoms in total. The minimum absolute atomic E-state index is 0.0173. The Bertz CT molecular complexity index is 1190. The van der Waals surface area contributed by atoms with Crippen LogP contribution in [0.2, 0.25) is 5.02 Å². The molecule has 3 aromatic rings. The molecular weight excluding hydrogens is 471 g/mol. The standard InChI is InChI=1S/C23H25ClF3N5O2/c1-13-18(19(33)29-11-14-6-8-16(28-5)9-7-14)31-32(22(2,3)4)21(13)34-20-17(23(25,26)27)10-15(24)12-30-20/h6-10,12,28H,11H2,1-5H3,(H,29,33). The quantitative estimate of drug-likeness (QED) is 0.453. The van der Waals surface area contributed by atoms with E-state index in [0.717, 1.165) is 23.5 Å². The zero-order valence-corrected chi connectivity index (χ0v) is 20.1. The molecular formula is C23H25ClF3N5O2. The van der Waals surface area contributed by atoms with Crippen molar-refractivity contribution in [3.05, 3.63) is 63.9 Å². The van der Waals surface area contributed by atoms with E-state index >= 15 is 0 Å². The van der Waals surface area contributed by atoms with Gasteiger partial charge < -0.3 is 15.4 Å². The molecule has 11 heteroatoms. The van der Waals surface area contributed by atoms with E-state index in [9.17, 15) is 18.0 Å². The molecule has 0 atom stereocenters. The third-order valence-corrected chi connectivity index (χ3v) is 5.14. The van der Waals surface area contributed by atoms with E-state index in [4.69, 9.17) is 16.3 Å². The number of rotatable bonds is 6. The van der Waals surface area contributed by atoms with Crippen molar-refractivity contribution in [1.29, 1.82) is 0 Å². The van der Waals surface area contributed by atoms with Crippen LogP contribution in [-0.4, -0.2) is 27.7 Å². The maximum absolute atomic E-state index is 13.5. The maximum Gasteiger partial charge on any atom is 0.421 e. The molecule has 34 heavy (non-hydrogen) atoms. The SMILES string of the molecule is CNc1ccc(CNC(=O)c2nn(C(C)(C)C)c(Oc3ncc(Cl)cc3C(F)(F)F)c2C)cc1. The van der Waals surface area contributed by atoms with Crippen molar-refractivity contribution < 1.29 is 22.7 Å². The molecule has 2 aromatic heterocycles. The highest BCUT2D eigenvalue weighted by Gasteiger charge is 2.37. The van der Waals surface area contributed by atoms with Gasteiger partial charge in [0.2, 0.25) is 11.8 Å². The molecule has 0 aliphatic heterocycles. The summed E-state index contributed by atoms with van der Waals surface area (Å²) in [6, 6.07) is 8.23. The Balaban J connectivity index is 1.94. The predicted octanol–water partition coefficient (Wildman–Crippen LogP) is 5.78. The Morgan fingerprint density at radius 2 is 1.82 bits per heavy atom. The van der Waals surface area contributed by atoms with Gasteiger partial charge in [-0.1, -0.05) is 23.7 Å². The van der Waals surface area contributed by atoms with Crippen molar-refractivity contribution in [3.8, 4) is 11.8 Å². The first-order valence-corrected chi connectivity index (χ1v) is 10.7. The molecule has 0 aliphatic rings. The van der Waals surface area contributed by atoms with Crippen LogP contribution in [0, 0.1) is 6.92 Å². The first-order chi connectivity index (χ1) is 15.8. The summed E-state index contributed by atoms with van der Waals surface area (Å²) in [5.74, 6) is -1.18. The fourth-order valence-corrected chi connectivity index (χ4v) is 3.29. The van der Waals surface area contributed by atoms with Crippen molar-refractivity contribution in [2.24, 2.45) is 0 Å². The second-order valence-electron chi connectivity index (χ2n) is 8.60. The van der Waals surface area contributed by atoms with Gasteiger partial charge in [0.25, 0.3) is 5.91 Å². The van der Waals surface area contributed by atoms with Gasteiger partial charge in [-0.3, -0.25) is 4.79 Å². The van der Waals surface area contributed by atoms with Gasteiger partial charge in [-0.15, -0.1) is 0 Å². The fourth-order valence-electron chi connectivity index (χ4n) is 3.13. The van der Waals surface area contributed by atoms with Gasteiger partial charge in [-0.05, 0) is 51.5 Å². The normalized spacial score (nSPS) is 11.9. The lowest BCUT2D eigenvalue weighted by atomic mass is 10.1. The predicted molar refractivity (Wildman–Crippen MR) is 123 cm³/mol. The molecule has 3 rings (SSSR count). The molecule has 2 N–H and O–H groups in total. The number of anilines is 1. The van der Waals surface area contributed by atoms with E-state index < -0.39 is 29.1 Å². The summed E-state index contributed by atoms with van der Waals surface area (Å²) in [6.45, 7) is 7.17. The second-order valence-corrected chi connectivity index (χ2v) is 9.03. The second kappa shape index (κ2) is 9.54. The highest BCUT2D eigenvalue weighted by Crippen LogP contribution is 2.40. The van der Waals surface area contributed by atoms with Crippen LogP contribution in [0.5, 0.6) is 11.8 Å². The molecule has 2 heterocycles. The summed E-state index contributed by atoms with van der Waals surface area (Å²) in [5.41, 5.74) is 0.300. The Labute approximate surface area is 200 Å². The van der Waals surface area contributed by atoms with Crippen LogP contribution in [0.4, 0.5) is 18.9 Å². The number of carbonyl (C=O) groups excluding carboxylic acids is 1. The molecule has 0 spiro atoms. The van der Waals surface area contributed by atoms with E-state index in [1.165, 1.54) is 4.68 Å². The number of alkyl halides is 3. The first kappa shape index (κ1) is 25.4. The Kier molecular flexibility index (Phi) is 7.11. The van der Waals surface area contributed by atoms with Crippen molar-refractivity contribution in [3.63, 3.8) is 0 Å². The highest BCUT2D eigenvalue weighted by atomic mass is 35.5. The smallest absolute Gasteiger partial charge is 0.420 e. The summed E-state index contributed by atoms with van der Waals surface area (Å²) >= 11 is 5.72. The number of nitrogens with one attached hydrogen (secondary N) is 2. The lowest BCUT2D eigenvalue weighted by Crippen LogP contribution is -2.26. The minimum Gasteiger partial charge on any atom is -0.420 e. The highest BCUT2D eigenvalue weighted by molar-refractivity contribution is 6.30. The minimum atomic E-state index is -4.74. The van der Waals surface area contributed by atoms with Gasteiger partial charge in [0.05, 0.1) is 10.6 Å². The molecule has 0 unspecified atom stereocenters. The van der Waals surface area contributed by atoms with E-state index in [0.29, 0.717) is 0 Å². The van der Waals surface area contributed by atoms with Gasteiger partial charge >= 0.3 is 6.18 Å². The Morgan fingerprint density at radius 3 is 2.38 bits per heavy atom. The molecule has 1 aromatic carbocycles.